The van der Waals surface area contributed by atoms with Crippen LogP contribution in [0.4, 0.5) is 34.1 Å². The molecule has 0 bridgehead atoms. The Labute approximate surface area is 435 Å². The van der Waals surface area contributed by atoms with Gasteiger partial charge in [0.2, 0.25) is 0 Å². The third-order valence-electron chi connectivity index (χ3n) is 16.3. The summed E-state index contributed by atoms with van der Waals surface area (Å²) in [5, 5.41) is 7.38. The number of aromatic nitrogens is 3. The predicted octanol–water partition coefficient (Wildman–Crippen LogP) is 16.0. The molecule has 3 aromatic heterocycles. The minimum absolute atomic E-state index is 0.00606. The van der Waals surface area contributed by atoms with Gasteiger partial charge in [0.1, 0.15) is 0 Å². The number of nitrogens with zero attached hydrogens (tertiary/aromatic N) is 5. The molecule has 0 radical (unpaired) electrons. The molecular formula is C69H48BN5. The highest BCUT2D eigenvalue weighted by Gasteiger charge is 2.43. The van der Waals surface area contributed by atoms with Crippen LogP contribution in [-0.4, -0.2) is 20.4 Å². The molecule has 0 spiro atoms. The zero-order valence-electron chi connectivity index (χ0n) is 41.8. The first-order chi connectivity index (χ1) is 37.0. The van der Waals surface area contributed by atoms with Crippen molar-refractivity contribution in [3.05, 3.63) is 253 Å². The number of hydrogen-bond donors (Lipinski definition) is 0. The molecule has 2 aliphatic heterocycles. The second kappa shape index (κ2) is 15.7. The van der Waals surface area contributed by atoms with Crippen molar-refractivity contribution in [1.29, 1.82) is 0 Å². The maximum Gasteiger partial charge on any atom is 0.252 e. The smallest absolute Gasteiger partial charge is 0.252 e. The van der Waals surface area contributed by atoms with Gasteiger partial charge in [-0.25, -0.2) is 0 Å². The van der Waals surface area contributed by atoms with Gasteiger partial charge >= 0.3 is 0 Å². The molecule has 0 unspecified atom stereocenters. The van der Waals surface area contributed by atoms with E-state index >= 15 is 0 Å². The van der Waals surface area contributed by atoms with Crippen LogP contribution in [0.3, 0.4) is 0 Å². The van der Waals surface area contributed by atoms with Crippen LogP contribution >= 0.6 is 0 Å². The lowest BCUT2D eigenvalue weighted by Gasteiger charge is -2.44. The monoisotopic (exact) mass is 957 g/mol. The SMILES string of the molecule is Cc1ccc(N2c3ccc(C)cc3B3c4ccc(-n5c6ccccc6c6c7c(c8ccccc8n7-c7ccccc7)c7c(c8ccccc8n7-c7ccccc7)c65)cc4N(c4ccc(C)cc4)c4cccc2c43)cc1. The lowest BCUT2D eigenvalue weighted by atomic mass is 9.33. The van der Waals surface area contributed by atoms with Gasteiger partial charge in [-0.2, -0.15) is 0 Å². The summed E-state index contributed by atoms with van der Waals surface area (Å²) < 4.78 is 7.65. The maximum atomic E-state index is 2.60. The number of benzene rings is 11. The lowest BCUT2D eigenvalue weighted by molar-refractivity contribution is 1.17. The van der Waals surface area contributed by atoms with Crippen molar-refractivity contribution >= 4 is 123 Å². The van der Waals surface area contributed by atoms with E-state index in [1.54, 1.807) is 0 Å². The molecular weight excluding hydrogens is 910 g/mol. The summed E-state index contributed by atoms with van der Waals surface area (Å²) >= 11 is 0. The second-order valence-electron chi connectivity index (χ2n) is 20.7. The summed E-state index contributed by atoms with van der Waals surface area (Å²) in [7, 11) is 0. The molecule has 11 aromatic carbocycles. The van der Waals surface area contributed by atoms with E-state index in [2.05, 4.69) is 281 Å². The maximum absolute atomic E-state index is 2.60. The Hall–Kier alpha value is -9.52. The summed E-state index contributed by atoms with van der Waals surface area (Å²) in [6, 6.07) is 88.5. The highest BCUT2D eigenvalue weighted by Crippen LogP contribution is 2.51. The third kappa shape index (κ3) is 5.85. The van der Waals surface area contributed by atoms with E-state index < -0.39 is 0 Å². The van der Waals surface area contributed by atoms with E-state index in [-0.39, 0.29) is 6.71 Å². The minimum atomic E-state index is -0.00606. The van der Waals surface area contributed by atoms with E-state index in [1.807, 2.05) is 0 Å². The first kappa shape index (κ1) is 42.0. The Morgan fingerprint density at radius 3 is 1.19 bits per heavy atom. The van der Waals surface area contributed by atoms with E-state index in [0.29, 0.717) is 0 Å². The van der Waals surface area contributed by atoms with Crippen LogP contribution < -0.4 is 26.2 Å². The Balaban J connectivity index is 1.07. The number of fused-ring (bicyclic) bond motifs is 16. The average Bonchev–Trinajstić information content (AvgIpc) is 4.12. The number of hydrogen-bond acceptors (Lipinski definition) is 2. The number of anilines is 6. The quantitative estimate of drug-likeness (QED) is 0.160. The van der Waals surface area contributed by atoms with Crippen molar-refractivity contribution < 1.29 is 0 Å². The molecule has 0 saturated carbocycles. The average molecular weight is 958 g/mol. The van der Waals surface area contributed by atoms with Gasteiger partial charge in [-0.3, -0.25) is 0 Å². The van der Waals surface area contributed by atoms with E-state index in [1.165, 1.54) is 116 Å². The highest BCUT2D eigenvalue weighted by atomic mass is 15.2. The summed E-state index contributed by atoms with van der Waals surface area (Å²) in [5.41, 5.74) is 25.2. The summed E-state index contributed by atoms with van der Waals surface area (Å²) in [4.78, 5) is 5.03. The van der Waals surface area contributed by atoms with Gasteiger partial charge in [-0.1, -0.05) is 156 Å². The molecule has 0 aliphatic carbocycles. The molecule has 5 nitrogen and oxygen atoms in total. The zero-order valence-corrected chi connectivity index (χ0v) is 41.8. The first-order valence-corrected chi connectivity index (χ1v) is 26.1. The molecule has 14 aromatic rings. The Bertz CT molecular complexity index is 4610. The molecule has 0 amide bonds. The van der Waals surface area contributed by atoms with E-state index in [0.717, 1.165) is 34.0 Å². The van der Waals surface area contributed by atoms with Crippen molar-refractivity contribution in [2.75, 3.05) is 9.80 Å². The number of rotatable bonds is 5. The largest absolute Gasteiger partial charge is 0.311 e. The molecule has 16 rings (SSSR count). The third-order valence-corrected chi connectivity index (χ3v) is 16.3. The highest BCUT2D eigenvalue weighted by molar-refractivity contribution is 7.00. The van der Waals surface area contributed by atoms with Gasteiger partial charge < -0.3 is 23.5 Å². The number of para-hydroxylation sites is 5. The van der Waals surface area contributed by atoms with Crippen LogP contribution in [0.15, 0.2) is 237 Å². The van der Waals surface area contributed by atoms with Crippen molar-refractivity contribution in [2.24, 2.45) is 0 Å². The van der Waals surface area contributed by atoms with Crippen molar-refractivity contribution in [1.82, 2.24) is 13.7 Å². The first-order valence-electron chi connectivity index (χ1n) is 26.1. The fourth-order valence-corrected chi connectivity index (χ4v) is 13.2. The van der Waals surface area contributed by atoms with Crippen molar-refractivity contribution in [3.63, 3.8) is 0 Å². The Morgan fingerprint density at radius 2 is 0.693 bits per heavy atom. The molecule has 352 valence electrons. The van der Waals surface area contributed by atoms with Crippen LogP contribution in [0.2, 0.25) is 0 Å². The van der Waals surface area contributed by atoms with Crippen LogP contribution in [0.25, 0.3) is 82.5 Å². The molecule has 5 heterocycles. The van der Waals surface area contributed by atoms with Gasteiger partial charge in [0, 0.05) is 83.5 Å². The van der Waals surface area contributed by atoms with Crippen LogP contribution in [0, 0.1) is 20.8 Å². The van der Waals surface area contributed by atoms with Crippen molar-refractivity contribution in [2.45, 2.75) is 20.8 Å². The van der Waals surface area contributed by atoms with Gasteiger partial charge in [-0.15, -0.1) is 0 Å². The minimum Gasteiger partial charge on any atom is -0.311 e. The Kier molecular flexibility index (Phi) is 8.82. The fraction of sp³-hybridized carbons (Fsp3) is 0.0435. The van der Waals surface area contributed by atoms with Gasteiger partial charge in [0.15, 0.2) is 0 Å². The van der Waals surface area contributed by atoms with Crippen molar-refractivity contribution in [3.8, 4) is 17.1 Å². The summed E-state index contributed by atoms with van der Waals surface area (Å²) in [6.45, 7) is 6.57. The van der Waals surface area contributed by atoms with Gasteiger partial charge in [-0.05, 0) is 134 Å². The van der Waals surface area contributed by atoms with E-state index in [4.69, 9.17) is 0 Å². The topological polar surface area (TPSA) is 21.3 Å². The van der Waals surface area contributed by atoms with E-state index in [9.17, 15) is 0 Å². The molecule has 0 fully saturated rings. The fourth-order valence-electron chi connectivity index (χ4n) is 13.2. The van der Waals surface area contributed by atoms with Crippen LogP contribution in [-0.2, 0) is 0 Å². The summed E-state index contributed by atoms with van der Waals surface area (Å²) in [5.74, 6) is 0. The van der Waals surface area contributed by atoms with Gasteiger partial charge in [0.25, 0.3) is 6.71 Å². The summed E-state index contributed by atoms with van der Waals surface area (Å²) in [6.07, 6.45) is 0. The second-order valence-corrected chi connectivity index (χ2v) is 20.7. The standard InChI is InChI=1S/C69H48BN5/c1-43-29-34-48(35-30-43)71-59-40-33-45(3)41-55(59)70-54-39-38-50(42-62(54)72(49-36-31-44(2)32-37-49)61-28-16-27-60(71)66(61)70)75-58-26-15-12-23-53(58)65-68-63(51-21-10-13-24-56(51)73(68)46-17-6-4-7-18-46)67-64(69(65)75)52-22-11-14-25-57(52)74(67)47-19-8-5-9-20-47/h4-42H,1-3H3. The Morgan fingerprint density at radius 1 is 0.280 bits per heavy atom. The zero-order chi connectivity index (χ0) is 49.6. The lowest BCUT2D eigenvalue weighted by Crippen LogP contribution is -2.61. The van der Waals surface area contributed by atoms with Gasteiger partial charge in [0.05, 0.1) is 33.1 Å². The predicted molar refractivity (Wildman–Crippen MR) is 318 cm³/mol. The molecule has 0 atom stereocenters. The number of aryl methyl sites for hydroxylation is 3. The van der Waals surface area contributed by atoms with Crippen LogP contribution in [0.5, 0.6) is 0 Å². The molecule has 0 N–H and O–H groups in total. The molecule has 2 aliphatic rings. The molecule has 75 heavy (non-hydrogen) atoms. The molecule has 0 saturated heterocycles. The van der Waals surface area contributed by atoms with Crippen LogP contribution in [0.1, 0.15) is 16.7 Å². The normalized spacial score (nSPS) is 12.9. The molecule has 6 heteroatoms.